The lowest BCUT2D eigenvalue weighted by atomic mass is 9.92. The third kappa shape index (κ3) is 3.74. The third-order valence-electron chi connectivity index (χ3n) is 4.18. The van der Waals surface area contributed by atoms with Gasteiger partial charge in [0, 0.05) is 30.8 Å². The number of nitrogen functional groups attached to an aromatic ring is 1. The van der Waals surface area contributed by atoms with E-state index in [9.17, 15) is 9.59 Å². The fraction of sp³-hybridized carbons (Fsp3) is 0.500. The number of nitrogens with zero attached hydrogens (tertiary/aromatic N) is 1. The summed E-state index contributed by atoms with van der Waals surface area (Å²) in [6, 6.07) is 5.38. The largest absolute Gasteiger partial charge is 0.481 e. The quantitative estimate of drug-likeness (QED) is 0.833. The van der Waals surface area contributed by atoms with Crippen LogP contribution >= 0.6 is 0 Å². The van der Waals surface area contributed by atoms with Gasteiger partial charge in [-0.25, -0.2) is 0 Å². The first-order valence-electron chi connectivity index (χ1n) is 7.35. The molecule has 1 aromatic carbocycles. The highest BCUT2D eigenvalue weighted by molar-refractivity contribution is 5.97. The van der Waals surface area contributed by atoms with E-state index in [2.05, 4.69) is 0 Å². The Hall–Kier alpha value is -2.04. The highest BCUT2D eigenvalue weighted by Gasteiger charge is 2.25. The molecule has 1 aliphatic rings. The standard InChI is InChI=1S/C16H22N2O3/c1-11-13(5-2-6-14(11)17)16(21)18-9-3-4-12(10-18)7-8-15(19)20/h2,5-6,12H,3-4,7-10,17H2,1H3,(H,19,20). The number of carboxylic acid groups (broad SMARTS) is 1. The van der Waals surface area contributed by atoms with Crippen molar-refractivity contribution in [2.24, 2.45) is 5.92 Å². The molecule has 0 aromatic heterocycles. The van der Waals surface area contributed by atoms with E-state index in [1.54, 1.807) is 18.2 Å². The molecule has 0 aliphatic carbocycles. The molecule has 5 nitrogen and oxygen atoms in total. The summed E-state index contributed by atoms with van der Waals surface area (Å²) >= 11 is 0. The van der Waals surface area contributed by atoms with E-state index in [-0.39, 0.29) is 18.2 Å². The molecule has 0 spiro atoms. The Balaban J connectivity index is 2.05. The smallest absolute Gasteiger partial charge is 0.303 e. The zero-order valence-electron chi connectivity index (χ0n) is 12.3. The van der Waals surface area contributed by atoms with Crippen LogP contribution in [0.3, 0.4) is 0 Å². The first-order chi connectivity index (χ1) is 9.99. The Labute approximate surface area is 124 Å². The van der Waals surface area contributed by atoms with Gasteiger partial charge in [-0.15, -0.1) is 0 Å². The lowest BCUT2D eigenvalue weighted by Crippen LogP contribution is -2.40. The number of carbonyl (C=O) groups excluding carboxylic acids is 1. The topological polar surface area (TPSA) is 83.6 Å². The number of aliphatic carboxylic acids is 1. The van der Waals surface area contributed by atoms with Crippen molar-refractivity contribution in [3.8, 4) is 0 Å². The summed E-state index contributed by atoms with van der Waals surface area (Å²) in [5.74, 6) is -0.495. The van der Waals surface area contributed by atoms with Crippen LogP contribution in [0.4, 0.5) is 5.69 Å². The molecule has 0 radical (unpaired) electrons. The predicted molar refractivity (Wildman–Crippen MR) is 81.1 cm³/mol. The highest BCUT2D eigenvalue weighted by Crippen LogP contribution is 2.24. The van der Waals surface area contributed by atoms with Crippen molar-refractivity contribution in [1.29, 1.82) is 0 Å². The fourth-order valence-electron chi connectivity index (χ4n) is 2.87. The number of carbonyl (C=O) groups is 2. The number of likely N-dealkylation sites (tertiary alicyclic amines) is 1. The maximum atomic E-state index is 12.6. The van der Waals surface area contributed by atoms with Crippen molar-refractivity contribution in [2.75, 3.05) is 18.8 Å². The number of hydrogen-bond acceptors (Lipinski definition) is 3. The minimum Gasteiger partial charge on any atom is -0.481 e. The summed E-state index contributed by atoms with van der Waals surface area (Å²) in [6.45, 7) is 3.23. The summed E-state index contributed by atoms with van der Waals surface area (Å²) in [4.78, 5) is 25.1. The average molecular weight is 290 g/mol. The molecular weight excluding hydrogens is 268 g/mol. The van der Waals surface area contributed by atoms with Gasteiger partial charge in [0.2, 0.25) is 0 Å². The van der Waals surface area contributed by atoms with Gasteiger partial charge >= 0.3 is 5.97 Å². The van der Waals surface area contributed by atoms with E-state index < -0.39 is 5.97 Å². The minimum absolute atomic E-state index is 0.000162. The third-order valence-corrected chi connectivity index (χ3v) is 4.18. The normalized spacial score (nSPS) is 18.5. The summed E-state index contributed by atoms with van der Waals surface area (Å²) in [7, 11) is 0. The number of benzene rings is 1. The van der Waals surface area contributed by atoms with Gasteiger partial charge in [-0.3, -0.25) is 9.59 Å². The minimum atomic E-state index is -0.773. The van der Waals surface area contributed by atoms with Crippen LogP contribution in [0, 0.1) is 12.8 Å². The monoisotopic (exact) mass is 290 g/mol. The van der Waals surface area contributed by atoms with Gasteiger partial charge in [0.15, 0.2) is 0 Å². The lowest BCUT2D eigenvalue weighted by Gasteiger charge is -2.33. The summed E-state index contributed by atoms with van der Waals surface area (Å²) in [5, 5.41) is 8.77. The molecule has 3 N–H and O–H groups in total. The molecule has 21 heavy (non-hydrogen) atoms. The van der Waals surface area contributed by atoms with Crippen LogP contribution in [0.15, 0.2) is 18.2 Å². The molecule has 5 heteroatoms. The number of rotatable bonds is 4. The molecule has 1 amide bonds. The van der Waals surface area contributed by atoms with E-state index in [4.69, 9.17) is 10.8 Å². The molecule has 1 heterocycles. The van der Waals surface area contributed by atoms with Crippen LogP contribution in [0.5, 0.6) is 0 Å². The Morgan fingerprint density at radius 2 is 2.19 bits per heavy atom. The van der Waals surface area contributed by atoms with Crippen molar-refractivity contribution < 1.29 is 14.7 Å². The van der Waals surface area contributed by atoms with Crippen LogP contribution in [-0.2, 0) is 4.79 Å². The van der Waals surface area contributed by atoms with Crippen LogP contribution in [0.25, 0.3) is 0 Å². The summed E-state index contributed by atoms with van der Waals surface area (Å²) in [5.41, 5.74) is 7.95. The van der Waals surface area contributed by atoms with Crippen molar-refractivity contribution in [2.45, 2.75) is 32.6 Å². The molecule has 1 atom stereocenters. The molecule has 0 saturated carbocycles. The molecule has 1 aromatic rings. The second-order valence-corrected chi connectivity index (χ2v) is 5.71. The molecule has 1 aliphatic heterocycles. The number of carboxylic acids is 1. The second kappa shape index (κ2) is 6.61. The zero-order valence-corrected chi connectivity index (χ0v) is 12.3. The van der Waals surface area contributed by atoms with Crippen LogP contribution < -0.4 is 5.73 Å². The van der Waals surface area contributed by atoms with Crippen molar-refractivity contribution in [3.05, 3.63) is 29.3 Å². The SMILES string of the molecule is Cc1c(N)cccc1C(=O)N1CCCC(CCC(=O)O)C1. The molecule has 114 valence electrons. The summed E-state index contributed by atoms with van der Waals surface area (Å²) < 4.78 is 0. The molecule has 0 bridgehead atoms. The molecule has 1 saturated heterocycles. The first-order valence-corrected chi connectivity index (χ1v) is 7.35. The first kappa shape index (κ1) is 15.4. The van der Waals surface area contributed by atoms with Crippen molar-refractivity contribution >= 4 is 17.6 Å². The van der Waals surface area contributed by atoms with Gasteiger partial charge in [-0.1, -0.05) is 6.07 Å². The van der Waals surface area contributed by atoms with Gasteiger partial charge in [0.05, 0.1) is 0 Å². The molecule has 2 rings (SSSR count). The molecule has 1 unspecified atom stereocenters. The number of anilines is 1. The predicted octanol–water partition coefficient (Wildman–Crippen LogP) is 2.29. The Kier molecular flexibility index (Phi) is 4.83. The average Bonchev–Trinajstić information content (AvgIpc) is 2.47. The van der Waals surface area contributed by atoms with E-state index >= 15 is 0 Å². The van der Waals surface area contributed by atoms with Crippen molar-refractivity contribution in [1.82, 2.24) is 4.90 Å². The maximum Gasteiger partial charge on any atom is 0.303 e. The fourth-order valence-corrected chi connectivity index (χ4v) is 2.87. The Morgan fingerprint density at radius 3 is 2.90 bits per heavy atom. The summed E-state index contributed by atoms with van der Waals surface area (Å²) in [6.07, 6.45) is 2.73. The molecule has 1 fully saturated rings. The van der Waals surface area contributed by atoms with Gasteiger partial charge in [-0.05, 0) is 49.8 Å². The van der Waals surface area contributed by atoms with E-state index in [0.717, 1.165) is 24.9 Å². The highest BCUT2D eigenvalue weighted by atomic mass is 16.4. The number of hydrogen-bond donors (Lipinski definition) is 2. The van der Waals surface area contributed by atoms with Gasteiger partial charge in [0.1, 0.15) is 0 Å². The Bertz CT molecular complexity index is 542. The van der Waals surface area contributed by atoms with Gasteiger partial charge in [-0.2, -0.15) is 0 Å². The maximum absolute atomic E-state index is 12.6. The Morgan fingerprint density at radius 1 is 1.43 bits per heavy atom. The van der Waals surface area contributed by atoms with Gasteiger partial charge in [0.25, 0.3) is 5.91 Å². The number of nitrogens with two attached hydrogens (primary N) is 1. The second-order valence-electron chi connectivity index (χ2n) is 5.71. The number of amides is 1. The van der Waals surface area contributed by atoms with Crippen LogP contribution in [0.2, 0.25) is 0 Å². The number of piperidine rings is 1. The lowest BCUT2D eigenvalue weighted by molar-refractivity contribution is -0.137. The van der Waals surface area contributed by atoms with E-state index in [0.29, 0.717) is 24.2 Å². The van der Waals surface area contributed by atoms with Gasteiger partial charge < -0.3 is 15.7 Å². The zero-order chi connectivity index (χ0) is 15.4. The van der Waals surface area contributed by atoms with E-state index in [1.165, 1.54) is 0 Å². The van der Waals surface area contributed by atoms with E-state index in [1.807, 2.05) is 11.8 Å². The van der Waals surface area contributed by atoms with Crippen LogP contribution in [0.1, 0.15) is 41.6 Å². The van der Waals surface area contributed by atoms with Crippen LogP contribution in [-0.4, -0.2) is 35.0 Å². The van der Waals surface area contributed by atoms with Crippen molar-refractivity contribution in [3.63, 3.8) is 0 Å². The molecular formula is C16H22N2O3.